The summed E-state index contributed by atoms with van der Waals surface area (Å²) in [6.07, 6.45) is 7.77. The normalized spacial score (nSPS) is 8.67. The first-order valence-electron chi connectivity index (χ1n) is 4.15. The van der Waals surface area contributed by atoms with E-state index in [0.29, 0.717) is 0 Å². The van der Waals surface area contributed by atoms with Crippen LogP contribution in [0.4, 0.5) is 0 Å². The lowest BCUT2D eigenvalue weighted by Crippen LogP contribution is -1.72. The smallest absolute Gasteiger partial charge is 0.00148 e. The van der Waals surface area contributed by atoms with Gasteiger partial charge in [-0.05, 0) is 39.8 Å². The second-order valence-corrected chi connectivity index (χ2v) is 2.52. The molecule has 0 aromatic heterocycles. The van der Waals surface area contributed by atoms with Gasteiger partial charge in [-0.15, -0.1) is 11.5 Å². The molecule has 0 spiro atoms. The first-order chi connectivity index (χ1) is 5.72. The van der Waals surface area contributed by atoms with E-state index in [1.54, 1.807) is 0 Å². The van der Waals surface area contributed by atoms with Crippen LogP contribution in [0.3, 0.4) is 0 Å². The van der Waals surface area contributed by atoms with Gasteiger partial charge in [0, 0.05) is 11.1 Å². The zero-order valence-electron chi connectivity index (χ0n) is 8.31. The molecule has 0 fully saturated rings. The number of rotatable bonds is 2. The van der Waals surface area contributed by atoms with E-state index in [1.165, 1.54) is 0 Å². The highest BCUT2D eigenvalue weighted by atomic mass is 13.9. The van der Waals surface area contributed by atoms with Gasteiger partial charge in [-0.25, -0.2) is 0 Å². The molecule has 64 valence electrons. The van der Waals surface area contributed by atoms with Crippen molar-refractivity contribution >= 4 is 0 Å². The maximum atomic E-state index is 3.15. The SMILES string of the molecule is CC=C=C(C)C(C)=C=CC=CC. The quantitative estimate of drug-likeness (QED) is 0.426. The van der Waals surface area contributed by atoms with Crippen molar-refractivity contribution in [3.8, 4) is 0 Å². The Morgan fingerprint density at radius 2 is 1.58 bits per heavy atom. The summed E-state index contributed by atoms with van der Waals surface area (Å²) in [5, 5.41) is 0. The topological polar surface area (TPSA) is 0 Å². The molecule has 0 heteroatoms. The summed E-state index contributed by atoms with van der Waals surface area (Å²) in [5.74, 6) is 0. The van der Waals surface area contributed by atoms with Crippen LogP contribution in [0.1, 0.15) is 27.7 Å². The van der Waals surface area contributed by atoms with E-state index in [0.717, 1.165) is 11.1 Å². The Hall–Kier alpha value is -1.22. The molecule has 0 aliphatic rings. The molecule has 0 amide bonds. The Balaban J connectivity index is 4.70. The van der Waals surface area contributed by atoms with E-state index in [4.69, 9.17) is 0 Å². The summed E-state index contributed by atoms with van der Waals surface area (Å²) >= 11 is 0. The molecule has 0 heterocycles. The molecule has 0 bridgehead atoms. The fraction of sp³-hybridized carbons (Fsp3) is 0.333. The first kappa shape index (κ1) is 10.8. The van der Waals surface area contributed by atoms with Crippen molar-refractivity contribution in [2.24, 2.45) is 0 Å². The highest BCUT2D eigenvalue weighted by molar-refractivity contribution is 5.26. The molecule has 0 rings (SSSR count). The molecule has 0 atom stereocenters. The molecule has 12 heavy (non-hydrogen) atoms. The van der Waals surface area contributed by atoms with Gasteiger partial charge in [0.25, 0.3) is 0 Å². The van der Waals surface area contributed by atoms with Gasteiger partial charge in [0.2, 0.25) is 0 Å². The van der Waals surface area contributed by atoms with Crippen LogP contribution in [0.25, 0.3) is 0 Å². The average molecular weight is 160 g/mol. The highest BCUT2D eigenvalue weighted by Crippen LogP contribution is 2.03. The standard InChI is InChI=1S/C12H16/c1-5-7-8-10-12(4)11(3)9-6-2/h5-8H,1-4H3. The lowest BCUT2D eigenvalue weighted by atomic mass is 10.1. The Morgan fingerprint density at radius 1 is 1.00 bits per heavy atom. The summed E-state index contributed by atoms with van der Waals surface area (Å²) in [7, 11) is 0. The van der Waals surface area contributed by atoms with Crippen molar-refractivity contribution in [1.82, 2.24) is 0 Å². The molecular formula is C12H16. The van der Waals surface area contributed by atoms with Gasteiger partial charge in [0.1, 0.15) is 0 Å². The third-order valence-electron chi connectivity index (χ3n) is 1.51. The Kier molecular flexibility index (Phi) is 5.83. The van der Waals surface area contributed by atoms with Gasteiger partial charge in [-0.1, -0.05) is 12.2 Å². The van der Waals surface area contributed by atoms with Crippen molar-refractivity contribution in [2.45, 2.75) is 27.7 Å². The third-order valence-corrected chi connectivity index (χ3v) is 1.51. The highest BCUT2D eigenvalue weighted by Gasteiger charge is 1.85. The summed E-state index contributed by atoms with van der Waals surface area (Å²) in [5.41, 5.74) is 8.54. The van der Waals surface area contributed by atoms with E-state index in [2.05, 4.69) is 11.5 Å². The van der Waals surface area contributed by atoms with Crippen molar-refractivity contribution in [3.63, 3.8) is 0 Å². The summed E-state index contributed by atoms with van der Waals surface area (Å²) in [4.78, 5) is 0. The summed E-state index contributed by atoms with van der Waals surface area (Å²) < 4.78 is 0. The molecule has 0 saturated carbocycles. The fourth-order valence-electron chi connectivity index (χ4n) is 0.702. The monoisotopic (exact) mass is 160 g/mol. The van der Waals surface area contributed by atoms with Gasteiger partial charge in [0.05, 0.1) is 0 Å². The second kappa shape index (κ2) is 6.49. The van der Waals surface area contributed by atoms with Crippen molar-refractivity contribution in [3.05, 3.63) is 46.9 Å². The van der Waals surface area contributed by atoms with E-state index >= 15 is 0 Å². The van der Waals surface area contributed by atoms with Crippen LogP contribution >= 0.6 is 0 Å². The van der Waals surface area contributed by atoms with Gasteiger partial charge >= 0.3 is 0 Å². The number of hydrogen-bond acceptors (Lipinski definition) is 0. The van der Waals surface area contributed by atoms with E-state index in [9.17, 15) is 0 Å². The third kappa shape index (κ3) is 4.57. The van der Waals surface area contributed by atoms with Gasteiger partial charge < -0.3 is 0 Å². The zero-order chi connectivity index (χ0) is 9.40. The van der Waals surface area contributed by atoms with Gasteiger partial charge in [-0.3, -0.25) is 0 Å². The van der Waals surface area contributed by atoms with Gasteiger partial charge in [-0.2, -0.15) is 0 Å². The van der Waals surface area contributed by atoms with Crippen molar-refractivity contribution < 1.29 is 0 Å². The lowest BCUT2D eigenvalue weighted by molar-refractivity contribution is 1.36. The van der Waals surface area contributed by atoms with Crippen molar-refractivity contribution in [2.75, 3.05) is 0 Å². The molecular weight excluding hydrogens is 144 g/mol. The predicted octanol–water partition coefficient (Wildman–Crippen LogP) is 3.79. The van der Waals surface area contributed by atoms with Crippen molar-refractivity contribution in [1.29, 1.82) is 0 Å². The molecule has 0 nitrogen and oxygen atoms in total. The average Bonchev–Trinajstić information content (AvgIpc) is 2.05. The fourth-order valence-corrected chi connectivity index (χ4v) is 0.702. The minimum absolute atomic E-state index is 1.13. The maximum absolute atomic E-state index is 3.15. The van der Waals surface area contributed by atoms with Crippen LogP contribution < -0.4 is 0 Å². The van der Waals surface area contributed by atoms with Crippen LogP contribution in [0, 0.1) is 0 Å². The van der Waals surface area contributed by atoms with Crippen LogP contribution in [0.5, 0.6) is 0 Å². The zero-order valence-corrected chi connectivity index (χ0v) is 8.31. The molecule has 0 aliphatic heterocycles. The Bertz CT molecular complexity index is 275. The molecule has 0 aromatic rings. The van der Waals surface area contributed by atoms with Crippen LogP contribution in [-0.4, -0.2) is 0 Å². The minimum Gasteiger partial charge on any atom is -0.121 e. The Labute approximate surface area is 75.3 Å². The maximum Gasteiger partial charge on any atom is 0.00148 e. The summed E-state index contributed by atoms with van der Waals surface area (Å²) in [6, 6.07) is 0. The molecule has 0 unspecified atom stereocenters. The number of hydrogen-bond donors (Lipinski definition) is 0. The van der Waals surface area contributed by atoms with E-state index in [1.807, 2.05) is 52.0 Å². The van der Waals surface area contributed by atoms with Gasteiger partial charge in [0.15, 0.2) is 0 Å². The van der Waals surface area contributed by atoms with Crippen LogP contribution in [-0.2, 0) is 0 Å². The second-order valence-electron chi connectivity index (χ2n) is 2.52. The lowest BCUT2D eigenvalue weighted by Gasteiger charge is -1.90. The number of allylic oxidation sites excluding steroid dienone is 4. The van der Waals surface area contributed by atoms with E-state index < -0.39 is 0 Å². The first-order valence-corrected chi connectivity index (χ1v) is 4.15. The molecule has 0 saturated heterocycles. The Morgan fingerprint density at radius 3 is 2.08 bits per heavy atom. The summed E-state index contributed by atoms with van der Waals surface area (Å²) in [6.45, 7) is 8.02. The molecule has 0 N–H and O–H groups in total. The van der Waals surface area contributed by atoms with Crippen LogP contribution in [0.15, 0.2) is 46.9 Å². The largest absolute Gasteiger partial charge is 0.121 e. The van der Waals surface area contributed by atoms with E-state index in [-0.39, 0.29) is 0 Å². The minimum atomic E-state index is 1.13. The molecule has 0 aliphatic carbocycles. The molecule has 0 aromatic carbocycles. The van der Waals surface area contributed by atoms with Crippen LogP contribution in [0.2, 0.25) is 0 Å². The molecule has 0 radical (unpaired) electrons. The predicted molar refractivity (Wildman–Crippen MR) is 55.0 cm³/mol.